The highest BCUT2D eigenvalue weighted by Gasteiger charge is 2.22. The van der Waals surface area contributed by atoms with Crippen molar-refractivity contribution in [3.8, 4) is 5.69 Å². The van der Waals surface area contributed by atoms with Gasteiger partial charge in [0.05, 0.1) is 18.9 Å². The van der Waals surface area contributed by atoms with Gasteiger partial charge in [0, 0.05) is 23.9 Å². The van der Waals surface area contributed by atoms with Crippen molar-refractivity contribution in [1.82, 2.24) is 14.8 Å². The Bertz CT molecular complexity index is 945. The summed E-state index contributed by atoms with van der Waals surface area (Å²) in [5.41, 5.74) is 1.81. The van der Waals surface area contributed by atoms with E-state index in [1.807, 2.05) is 34.9 Å². The number of anilines is 1. The summed E-state index contributed by atoms with van der Waals surface area (Å²) in [6.45, 7) is 2.76. The van der Waals surface area contributed by atoms with Gasteiger partial charge in [-0.15, -0.1) is 10.2 Å². The molecule has 0 unspecified atom stereocenters. The zero-order valence-electron chi connectivity index (χ0n) is 15.2. The van der Waals surface area contributed by atoms with Crippen LogP contribution < -0.4 is 4.90 Å². The number of hydrogen-bond acceptors (Lipinski definition) is 5. The first-order valence-electron chi connectivity index (χ1n) is 9.12. The molecule has 1 aliphatic rings. The number of rotatable bonds is 6. The van der Waals surface area contributed by atoms with Gasteiger partial charge in [0.2, 0.25) is 5.95 Å². The van der Waals surface area contributed by atoms with Crippen LogP contribution in [0.15, 0.2) is 53.7 Å². The molecule has 0 amide bonds. The van der Waals surface area contributed by atoms with Crippen LogP contribution >= 0.6 is 23.4 Å². The molecule has 0 bridgehead atoms. The van der Waals surface area contributed by atoms with E-state index in [-0.39, 0.29) is 5.82 Å². The summed E-state index contributed by atoms with van der Waals surface area (Å²) in [5, 5.41) is 10.3. The van der Waals surface area contributed by atoms with Crippen LogP contribution in [0.3, 0.4) is 0 Å². The number of aryl methyl sites for hydroxylation is 1. The molecule has 0 saturated carbocycles. The molecule has 0 aliphatic carbocycles. The van der Waals surface area contributed by atoms with E-state index in [0.717, 1.165) is 41.0 Å². The van der Waals surface area contributed by atoms with Crippen LogP contribution in [0.2, 0.25) is 5.02 Å². The number of thioether (sulfide) groups is 1. The van der Waals surface area contributed by atoms with E-state index < -0.39 is 0 Å². The maximum atomic E-state index is 13.9. The van der Waals surface area contributed by atoms with Crippen molar-refractivity contribution in [2.45, 2.75) is 11.6 Å². The van der Waals surface area contributed by atoms with Gasteiger partial charge in [0.1, 0.15) is 5.82 Å². The molecule has 0 N–H and O–H groups in total. The molecule has 2 aromatic carbocycles. The quantitative estimate of drug-likeness (QED) is 0.560. The van der Waals surface area contributed by atoms with Gasteiger partial charge in [-0.25, -0.2) is 4.39 Å². The molecule has 1 aromatic heterocycles. The van der Waals surface area contributed by atoms with Gasteiger partial charge in [0.25, 0.3) is 0 Å². The molecule has 5 nitrogen and oxygen atoms in total. The molecular weight excluding hydrogens is 399 g/mol. The number of aromatic nitrogens is 3. The van der Waals surface area contributed by atoms with Crippen molar-refractivity contribution in [3.63, 3.8) is 0 Å². The first-order valence-corrected chi connectivity index (χ1v) is 10.5. The summed E-state index contributed by atoms with van der Waals surface area (Å²) < 4.78 is 21.2. The zero-order chi connectivity index (χ0) is 19.3. The lowest BCUT2D eigenvalue weighted by molar-refractivity contribution is 0.122. The lowest BCUT2D eigenvalue weighted by Gasteiger charge is -2.27. The summed E-state index contributed by atoms with van der Waals surface area (Å²) in [5.74, 6) is 1.22. The molecule has 1 aliphatic heterocycles. The Balaban J connectivity index is 1.59. The van der Waals surface area contributed by atoms with E-state index in [0.29, 0.717) is 24.8 Å². The predicted molar refractivity (Wildman–Crippen MR) is 110 cm³/mol. The van der Waals surface area contributed by atoms with Crippen molar-refractivity contribution in [2.24, 2.45) is 0 Å². The second kappa shape index (κ2) is 8.94. The Morgan fingerprint density at radius 1 is 1.07 bits per heavy atom. The first kappa shape index (κ1) is 19.2. The lowest BCUT2D eigenvalue weighted by atomic mass is 10.2. The van der Waals surface area contributed by atoms with Crippen molar-refractivity contribution in [3.05, 3.63) is 64.9 Å². The van der Waals surface area contributed by atoms with E-state index in [1.54, 1.807) is 17.8 Å². The van der Waals surface area contributed by atoms with Gasteiger partial charge in [0.15, 0.2) is 5.16 Å². The van der Waals surface area contributed by atoms with Crippen molar-refractivity contribution in [1.29, 1.82) is 0 Å². The van der Waals surface area contributed by atoms with E-state index in [4.69, 9.17) is 16.3 Å². The van der Waals surface area contributed by atoms with Crippen molar-refractivity contribution in [2.75, 3.05) is 37.0 Å². The molecule has 1 saturated heterocycles. The van der Waals surface area contributed by atoms with Crippen LogP contribution in [0.4, 0.5) is 10.3 Å². The highest BCUT2D eigenvalue weighted by atomic mass is 35.5. The van der Waals surface area contributed by atoms with Gasteiger partial charge in [-0.2, -0.15) is 0 Å². The van der Waals surface area contributed by atoms with E-state index in [1.165, 1.54) is 12.1 Å². The zero-order valence-corrected chi connectivity index (χ0v) is 16.8. The standard InChI is InChI=1S/C20H20ClFN4OS/c21-18-7-2-1-4-15(18)8-13-28-20-24-23-19(25-9-11-27-12-10-25)26(20)17-6-3-5-16(22)14-17/h1-7,14H,8-13H2. The summed E-state index contributed by atoms with van der Waals surface area (Å²) in [7, 11) is 0. The van der Waals surface area contributed by atoms with E-state index in [9.17, 15) is 4.39 Å². The number of morpholine rings is 1. The minimum atomic E-state index is -0.286. The van der Waals surface area contributed by atoms with E-state index in [2.05, 4.69) is 15.1 Å². The highest BCUT2D eigenvalue weighted by Crippen LogP contribution is 2.28. The molecule has 146 valence electrons. The second-order valence-electron chi connectivity index (χ2n) is 6.39. The molecule has 3 aromatic rings. The second-order valence-corrected chi connectivity index (χ2v) is 7.86. The SMILES string of the molecule is Fc1cccc(-n2c(SCCc3ccccc3Cl)nnc2N2CCOCC2)c1. The summed E-state index contributed by atoms with van der Waals surface area (Å²) in [4.78, 5) is 2.12. The number of hydrogen-bond donors (Lipinski definition) is 0. The van der Waals surface area contributed by atoms with Crippen LogP contribution in [0.5, 0.6) is 0 Å². The van der Waals surface area contributed by atoms with Crippen molar-refractivity contribution >= 4 is 29.3 Å². The Morgan fingerprint density at radius 2 is 1.89 bits per heavy atom. The minimum Gasteiger partial charge on any atom is -0.378 e. The Hall–Kier alpha value is -2.09. The third-order valence-electron chi connectivity index (χ3n) is 4.54. The summed E-state index contributed by atoms with van der Waals surface area (Å²) in [6, 6.07) is 14.3. The van der Waals surface area contributed by atoms with Gasteiger partial charge in [-0.1, -0.05) is 47.6 Å². The predicted octanol–water partition coefficient (Wildman–Crippen LogP) is 4.23. The Labute approximate surface area is 172 Å². The van der Waals surface area contributed by atoms with Gasteiger partial charge in [-0.3, -0.25) is 4.57 Å². The van der Waals surface area contributed by atoms with Crippen molar-refractivity contribution < 1.29 is 9.13 Å². The molecule has 2 heterocycles. The fourth-order valence-electron chi connectivity index (χ4n) is 3.12. The summed E-state index contributed by atoms with van der Waals surface area (Å²) >= 11 is 7.84. The third-order valence-corrected chi connectivity index (χ3v) is 5.84. The summed E-state index contributed by atoms with van der Waals surface area (Å²) in [6.07, 6.45) is 0.813. The van der Waals surface area contributed by atoms with Crippen LogP contribution in [-0.4, -0.2) is 46.8 Å². The largest absolute Gasteiger partial charge is 0.378 e. The molecular formula is C20H20ClFN4OS. The van der Waals surface area contributed by atoms with Crippen LogP contribution in [0.1, 0.15) is 5.56 Å². The third kappa shape index (κ3) is 4.32. The fraction of sp³-hybridized carbons (Fsp3) is 0.300. The topological polar surface area (TPSA) is 43.2 Å². The monoisotopic (exact) mass is 418 g/mol. The van der Waals surface area contributed by atoms with Crippen LogP contribution in [0.25, 0.3) is 5.69 Å². The smallest absolute Gasteiger partial charge is 0.232 e. The average Bonchev–Trinajstić information content (AvgIpc) is 3.14. The molecule has 28 heavy (non-hydrogen) atoms. The minimum absolute atomic E-state index is 0.286. The molecule has 4 rings (SSSR count). The van der Waals surface area contributed by atoms with Gasteiger partial charge in [-0.05, 0) is 36.2 Å². The lowest BCUT2D eigenvalue weighted by Crippen LogP contribution is -2.37. The Morgan fingerprint density at radius 3 is 2.68 bits per heavy atom. The van der Waals surface area contributed by atoms with Gasteiger partial charge >= 0.3 is 0 Å². The molecule has 0 spiro atoms. The number of benzene rings is 2. The maximum Gasteiger partial charge on any atom is 0.232 e. The van der Waals surface area contributed by atoms with Gasteiger partial charge < -0.3 is 9.64 Å². The number of nitrogens with zero attached hydrogens (tertiary/aromatic N) is 4. The maximum absolute atomic E-state index is 13.9. The molecule has 8 heteroatoms. The number of halogens is 2. The van der Waals surface area contributed by atoms with E-state index >= 15 is 0 Å². The highest BCUT2D eigenvalue weighted by molar-refractivity contribution is 7.99. The average molecular weight is 419 g/mol. The fourth-order valence-corrected chi connectivity index (χ4v) is 4.27. The Kier molecular flexibility index (Phi) is 6.14. The first-order chi connectivity index (χ1) is 13.7. The van der Waals surface area contributed by atoms with Crippen LogP contribution in [-0.2, 0) is 11.2 Å². The number of ether oxygens (including phenoxy) is 1. The normalized spacial score (nSPS) is 14.4. The van der Waals surface area contributed by atoms with Crippen LogP contribution in [0, 0.1) is 5.82 Å². The molecule has 1 fully saturated rings. The molecule has 0 atom stereocenters. The molecule has 0 radical (unpaired) electrons.